The van der Waals surface area contributed by atoms with Gasteiger partial charge in [0.15, 0.2) is 0 Å². The minimum Gasteiger partial charge on any atom is -0.326 e. The third-order valence-corrected chi connectivity index (χ3v) is 4.60. The molecule has 1 N–H and O–H groups in total. The van der Waals surface area contributed by atoms with Crippen LogP contribution in [0.3, 0.4) is 0 Å². The van der Waals surface area contributed by atoms with Crippen LogP contribution in [0.2, 0.25) is 0 Å². The third-order valence-electron chi connectivity index (χ3n) is 4.60. The number of halogens is 2. The maximum Gasteiger partial charge on any atom is 0.294 e. The summed E-state index contributed by atoms with van der Waals surface area (Å²) in [5, 5.41) is 7.68. The van der Waals surface area contributed by atoms with E-state index in [1.54, 1.807) is 41.0 Å². The Kier molecular flexibility index (Phi) is 6.01. The van der Waals surface area contributed by atoms with Crippen molar-refractivity contribution in [3.8, 4) is 5.69 Å². The zero-order valence-corrected chi connectivity index (χ0v) is 16.1. The van der Waals surface area contributed by atoms with Crippen LogP contribution in [0.1, 0.15) is 28.0 Å². The summed E-state index contributed by atoms with van der Waals surface area (Å²) in [5.41, 5.74) is 1.62. The van der Waals surface area contributed by atoms with E-state index in [-0.39, 0.29) is 36.0 Å². The summed E-state index contributed by atoms with van der Waals surface area (Å²) in [6.07, 6.45) is 3.48. The van der Waals surface area contributed by atoms with Crippen LogP contribution in [0.4, 0.5) is 4.39 Å². The molecule has 1 aliphatic heterocycles. The Morgan fingerprint density at radius 1 is 1.25 bits per heavy atom. The van der Waals surface area contributed by atoms with Crippen molar-refractivity contribution in [1.82, 2.24) is 30.0 Å². The van der Waals surface area contributed by atoms with Crippen molar-refractivity contribution in [2.24, 2.45) is 0 Å². The Bertz CT molecular complexity index is 947. The predicted molar refractivity (Wildman–Crippen MR) is 104 cm³/mol. The second kappa shape index (κ2) is 8.45. The summed E-state index contributed by atoms with van der Waals surface area (Å²) < 4.78 is 14.7. The van der Waals surface area contributed by atoms with Gasteiger partial charge in [-0.05, 0) is 42.8 Å². The highest BCUT2D eigenvalue weighted by Gasteiger charge is 2.31. The Hall–Kier alpha value is -2.84. The highest BCUT2D eigenvalue weighted by atomic mass is 35.5. The van der Waals surface area contributed by atoms with Crippen LogP contribution in [0.25, 0.3) is 5.69 Å². The van der Waals surface area contributed by atoms with E-state index in [2.05, 4.69) is 20.4 Å². The van der Waals surface area contributed by atoms with Gasteiger partial charge in [0.2, 0.25) is 5.82 Å². The lowest BCUT2D eigenvalue weighted by molar-refractivity contribution is 0.0621. The standard InChI is InChI=1S/C19H19FN6O.ClH/c1-13-23-18(24-26(13)16-6-4-15(20)5-7-16)19(27)25-10-9-22-12-17(25)14-3-2-8-21-11-14;/h2-8,11,17,22H,9-10,12H2,1H3;1H. The van der Waals surface area contributed by atoms with Crippen molar-refractivity contribution >= 4 is 18.3 Å². The predicted octanol–water partition coefficient (Wildman–Crippen LogP) is 2.32. The number of carbonyl (C=O) groups excluding carboxylic acids is 1. The fraction of sp³-hybridized carbons (Fsp3) is 0.263. The molecule has 1 fully saturated rings. The molecule has 1 amide bonds. The number of pyridine rings is 1. The first-order valence-corrected chi connectivity index (χ1v) is 8.74. The summed E-state index contributed by atoms with van der Waals surface area (Å²) in [6.45, 7) is 3.68. The molecule has 7 nitrogen and oxygen atoms in total. The zero-order valence-electron chi connectivity index (χ0n) is 15.2. The van der Waals surface area contributed by atoms with E-state index >= 15 is 0 Å². The quantitative estimate of drug-likeness (QED) is 0.727. The molecule has 146 valence electrons. The first-order chi connectivity index (χ1) is 13.1. The first-order valence-electron chi connectivity index (χ1n) is 8.74. The first kappa shape index (κ1) is 19.9. The monoisotopic (exact) mass is 402 g/mol. The normalized spacial score (nSPS) is 16.5. The van der Waals surface area contributed by atoms with E-state index in [1.165, 1.54) is 12.1 Å². The largest absolute Gasteiger partial charge is 0.326 e. The molecule has 1 unspecified atom stereocenters. The van der Waals surface area contributed by atoms with Gasteiger partial charge in [0, 0.05) is 32.0 Å². The van der Waals surface area contributed by atoms with Gasteiger partial charge in [0.05, 0.1) is 11.7 Å². The summed E-state index contributed by atoms with van der Waals surface area (Å²) in [7, 11) is 0. The van der Waals surface area contributed by atoms with Crippen molar-refractivity contribution < 1.29 is 9.18 Å². The number of piperazine rings is 1. The minimum atomic E-state index is -0.326. The maximum absolute atomic E-state index is 13.2. The lowest BCUT2D eigenvalue weighted by atomic mass is 10.1. The second-order valence-corrected chi connectivity index (χ2v) is 6.38. The van der Waals surface area contributed by atoms with Gasteiger partial charge >= 0.3 is 0 Å². The van der Waals surface area contributed by atoms with Crippen LogP contribution >= 0.6 is 12.4 Å². The summed E-state index contributed by atoms with van der Waals surface area (Å²) >= 11 is 0. The molecular formula is C19H20ClFN6O. The molecular weight excluding hydrogens is 383 g/mol. The van der Waals surface area contributed by atoms with Crippen LogP contribution in [0.15, 0.2) is 48.8 Å². The van der Waals surface area contributed by atoms with Crippen molar-refractivity contribution in [1.29, 1.82) is 0 Å². The van der Waals surface area contributed by atoms with Gasteiger partial charge in [0.25, 0.3) is 5.91 Å². The van der Waals surface area contributed by atoms with E-state index in [1.807, 2.05) is 12.1 Å². The van der Waals surface area contributed by atoms with Gasteiger partial charge < -0.3 is 10.2 Å². The number of hydrogen-bond acceptors (Lipinski definition) is 5. The van der Waals surface area contributed by atoms with Crippen LogP contribution in [-0.4, -0.2) is 50.2 Å². The number of carbonyl (C=O) groups is 1. The third kappa shape index (κ3) is 3.88. The average molecular weight is 403 g/mol. The Balaban J connectivity index is 0.00000225. The average Bonchev–Trinajstić information content (AvgIpc) is 3.10. The number of nitrogens with zero attached hydrogens (tertiary/aromatic N) is 5. The second-order valence-electron chi connectivity index (χ2n) is 6.38. The molecule has 3 aromatic rings. The number of rotatable bonds is 3. The maximum atomic E-state index is 13.2. The molecule has 1 saturated heterocycles. The molecule has 0 saturated carbocycles. The van der Waals surface area contributed by atoms with Gasteiger partial charge in [-0.15, -0.1) is 17.5 Å². The van der Waals surface area contributed by atoms with E-state index in [4.69, 9.17) is 0 Å². The topological polar surface area (TPSA) is 75.9 Å². The summed E-state index contributed by atoms with van der Waals surface area (Å²) in [5.74, 6) is 0.146. The Morgan fingerprint density at radius 2 is 2.04 bits per heavy atom. The number of hydrogen-bond donors (Lipinski definition) is 1. The molecule has 1 aromatic carbocycles. The highest BCUT2D eigenvalue weighted by Crippen LogP contribution is 2.23. The molecule has 1 atom stereocenters. The number of amides is 1. The van der Waals surface area contributed by atoms with Crippen molar-refractivity contribution in [3.63, 3.8) is 0 Å². The Morgan fingerprint density at radius 3 is 2.75 bits per heavy atom. The fourth-order valence-electron chi connectivity index (χ4n) is 3.25. The van der Waals surface area contributed by atoms with E-state index in [0.717, 1.165) is 5.56 Å². The molecule has 1 aliphatic rings. The van der Waals surface area contributed by atoms with Crippen LogP contribution in [-0.2, 0) is 0 Å². The van der Waals surface area contributed by atoms with Crippen LogP contribution < -0.4 is 5.32 Å². The molecule has 9 heteroatoms. The molecule has 4 rings (SSSR count). The summed E-state index contributed by atoms with van der Waals surface area (Å²) in [4.78, 5) is 23.4. The molecule has 3 heterocycles. The van der Waals surface area contributed by atoms with Gasteiger partial charge in [-0.3, -0.25) is 9.78 Å². The van der Waals surface area contributed by atoms with Crippen molar-refractivity contribution in [3.05, 3.63) is 71.8 Å². The van der Waals surface area contributed by atoms with Gasteiger partial charge in [-0.25, -0.2) is 14.1 Å². The molecule has 28 heavy (non-hydrogen) atoms. The summed E-state index contributed by atoms with van der Waals surface area (Å²) in [6, 6.07) is 9.61. The lowest BCUT2D eigenvalue weighted by Crippen LogP contribution is -2.49. The lowest BCUT2D eigenvalue weighted by Gasteiger charge is -2.35. The van der Waals surface area contributed by atoms with E-state index < -0.39 is 0 Å². The number of benzene rings is 1. The number of aryl methyl sites for hydroxylation is 1. The highest BCUT2D eigenvalue weighted by molar-refractivity contribution is 5.91. The molecule has 0 radical (unpaired) electrons. The van der Waals surface area contributed by atoms with Crippen LogP contribution in [0.5, 0.6) is 0 Å². The fourth-order valence-corrected chi connectivity index (χ4v) is 3.25. The molecule has 0 bridgehead atoms. The Labute approximate surface area is 168 Å². The van der Waals surface area contributed by atoms with Gasteiger partial charge in [-0.2, -0.15) is 0 Å². The molecule has 0 spiro atoms. The van der Waals surface area contributed by atoms with Gasteiger partial charge in [-0.1, -0.05) is 6.07 Å². The SMILES string of the molecule is Cc1nc(C(=O)N2CCNCC2c2cccnc2)nn1-c1ccc(F)cc1.Cl. The zero-order chi connectivity index (χ0) is 18.8. The molecule has 2 aromatic heterocycles. The van der Waals surface area contributed by atoms with Gasteiger partial charge in [0.1, 0.15) is 11.6 Å². The van der Waals surface area contributed by atoms with E-state index in [0.29, 0.717) is 31.1 Å². The molecule has 0 aliphatic carbocycles. The van der Waals surface area contributed by atoms with Crippen molar-refractivity contribution in [2.45, 2.75) is 13.0 Å². The minimum absolute atomic E-state index is 0. The van der Waals surface area contributed by atoms with Crippen LogP contribution in [0, 0.1) is 12.7 Å². The van der Waals surface area contributed by atoms with E-state index in [9.17, 15) is 9.18 Å². The van der Waals surface area contributed by atoms with Crippen molar-refractivity contribution in [2.75, 3.05) is 19.6 Å². The smallest absolute Gasteiger partial charge is 0.294 e. The number of nitrogens with one attached hydrogen (secondary N) is 1. The number of aromatic nitrogens is 4.